The number of ether oxygens (including phenoxy) is 2. The molecule has 2 saturated carbocycles. The maximum Gasteiger partial charge on any atom is 0.341 e. The smallest absolute Gasteiger partial charge is 0.341 e. The van der Waals surface area contributed by atoms with Gasteiger partial charge in [0, 0.05) is 25.7 Å². The van der Waals surface area contributed by atoms with Crippen molar-refractivity contribution in [3.8, 4) is 0 Å². The van der Waals surface area contributed by atoms with E-state index >= 15 is 0 Å². The van der Waals surface area contributed by atoms with Gasteiger partial charge in [-0.25, -0.2) is 9.59 Å². The standard InChI is InChI=1S/C20H26O6/c21-17(25-19(23)11-5-1-6-12-19)15-9-3-4-10-16(15)18(22)26-20(24)13-7-2-8-14-20/h3-4,9-10,23-24H,1-2,5-8,11-14H2. The Labute approximate surface area is 153 Å². The van der Waals surface area contributed by atoms with Crippen molar-refractivity contribution in [3.63, 3.8) is 0 Å². The molecule has 0 amide bonds. The Balaban J connectivity index is 1.74. The second-order valence-corrected chi connectivity index (χ2v) is 7.34. The topological polar surface area (TPSA) is 93.1 Å². The molecule has 0 radical (unpaired) electrons. The summed E-state index contributed by atoms with van der Waals surface area (Å²) >= 11 is 0. The molecule has 0 bridgehead atoms. The van der Waals surface area contributed by atoms with Crippen LogP contribution in [0.15, 0.2) is 24.3 Å². The molecule has 0 spiro atoms. The molecule has 0 aromatic heterocycles. The van der Waals surface area contributed by atoms with E-state index in [4.69, 9.17) is 9.47 Å². The summed E-state index contributed by atoms with van der Waals surface area (Å²) in [6.07, 6.45) is 6.75. The van der Waals surface area contributed by atoms with E-state index in [1.54, 1.807) is 12.1 Å². The molecule has 0 saturated heterocycles. The summed E-state index contributed by atoms with van der Waals surface area (Å²) in [7, 11) is 0. The molecule has 2 N–H and O–H groups in total. The number of esters is 2. The van der Waals surface area contributed by atoms with Gasteiger partial charge in [-0.15, -0.1) is 0 Å². The van der Waals surface area contributed by atoms with E-state index < -0.39 is 23.5 Å². The predicted octanol–water partition coefficient (Wildman–Crippen LogP) is 3.31. The third-order valence-electron chi connectivity index (χ3n) is 5.20. The van der Waals surface area contributed by atoms with Gasteiger partial charge in [0.1, 0.15) is 0 Å². The number of rotatable bonds is 4. The molecule has 0 atom stereocenters. The maximum atomic E-state index is 12.6. The third kappa shape index (κ3) is 4.43. The van der Waals surface area contributed by atoms with Crippen molar-refractivity contribution < 1.29 is 29.3 Å². The van der Waals surface area contributed by atoms with Crippen molar-refractivity contribution in [2.24, 2.45) is 0 Å². The van der Waals surface area contributed by atoms with Gasteiger partial charge in [0.05, 0.1) is 11.1 Å². The molecule has 2 fully saturated rings. The second kappa shape index (κ2) is 7.76. The lowest BCUT2D eigenvalue weighted by Gasteiger charge is -2.32. The highest BCUT2D eigenvalue weighted by atomic mass is 16.7. The van der Waals surface area contributed by atoms with E-state index in [9.17, 15) is 19.8 Å². The van der Waals surface area contributed by atoms with Crippen LogP contribution in [0.1, 0.15) is 84.9 Å². The van der Waals surface area contributed by atoms with Crippen molar-refractivity contribution in [2.45, 2.75) is 75.8 Å². The molecule has 2 aliphatic rings. The van der Waals surface area contributed by atoms with Crippen molar-refractivity contribution >= 4 is 11.9 Å². The highest BCUT2D eigenvalue weighted by molar-refractivity contribution is 6.03. The first-order chi connectivity index (χ1) is 12.4. The van der Waals surface area contributed by atoms with Crippen LogP contribution in [0, 0.1) is 0 Å². The Morgan fingerprint density at radius 2 is 1.04 bits per heavy atom. The van der Waals surface area contributed by atoms with Crippen LogP contribution < -0.4 is 0 Å². The van der Waals surface area contributed by atoms with Gasteiger partial charge in [-0.3, -0.25) is 0 Å². The molecule has 3 rings (SSSR count). The Hall–Kier alpha value is -1.92. The summed E-state index contributed by atoms with van der Waals surface area (Å²) in [6, 6.07) is 6.17. The molecular weight excluding hydrogens is 336 g/mol. The lowest BCUT2D eigenvalue weighted by molar-refractivity contribution is -0.185. The van der Waals surface area contributed by atoms with E-state index in [0.717, 1.165) is 38.5 Å². The first-order valence-electron chi connectivity index (χ1n) is 9.41. The van der Waals surface area contributed by atoms with Crippen molar-refractivity contribution in [1.29, 1.82) is 0 Å². The molecule has 26 heavy (non-hydrogen) atoms. The molecule has 0 aliphatic heterocycles. The number of aliphatic hydroxyl groups is 2. The van der Waals surface area contributed by atoms with Crippen LogP contribution in [0.3, 0.4) is 0 Å². The fraction of sp³-hybridized carbons (Fsp3) is 0.600. The average molecular weight is 362 g/mol. The third-order valence-corrected chi connectivity index (χ3v) is 5.20. The minimum atomic E-state index is -1.48. The van der Waals surface area contributed by atoms with Crippen LogP contribution in [0.5, 0.6) is 0 Å². The van der Waals surface area contributed by atoms with Crippen molar-refractivity contribution in [1.82, 2.24) is 0 Å². The first-order valence-corrected chi connectivity index (χ1v) is 9.41. The number of benzene rings is 1. The van der Waals surface area contributed by atoms with Crippen LogP contribution in [0.25, 0.3) is 0 Å². The fourth-order valence-electron chi connectivity index (χ4n) is 3.71. The van der Waals surface area contributed by atoms with Gasteiger partial charge < -0.3 is 19.7 Å². The quantitative estimate of drug-likeness (QED) is 0.630. The summed E-state index contributed by atoms with van der Waals surface area (Å²) in [6.45, 7) is 0. The minimum Gasteiger partial charge on any atom is -0.430 e. The average Bonchev–Trinajstić information content (AvgIpc) is 2.62. The first kappa shape index (κ1) is 18.9. The summed E-state index contributed by atoms with van der Waals surface area (Å²) in [5, 5.41) is 20.9. The Morgan fingerprint density at radius 3 is 1.38 bits per heavy atom. The summed E-state index contributed by atoms with van der Waals surface area (Å²) in [5.74, 6) is -4.46. The second-order valence-electron chi connectivity index (χ2n) is 7.34. The molecule has 1 aromatic carbocycles. The SMILES string of the molecule is O=C(OC1(O)CCCCC1)c1ccccc1C(=O)OC1(O)CCCCC1. The largest absolute Gasteiger partial charge is 0.430 e. The molecule has 0 heterocycles. The van der Waals surface area contributed by atoms with E-state index in [1.165, 1.54) is 12.1 Å². The van der Waals surface area contributed by atoms with Crippen LogP contribution >= 0.6 is 0 Å². The highest BCUT2D eigenvalue weighted by Crippen LogP contribution is 2.32. The highest BCUT2D eigenvalue weighted by Gasteiger charge is 2.37. The monoisotopic (exact) mass is 362 g/mol. The van der Waals surface area contributed by atoms with E-state index in [-0.39, 0.29) is 11.1 Å². The molecule has 2 aliphatic carbocycles. The van der Waals surface area contributed by atoms with Gasteiger partial charge in [-0.1, -0.05) is 25.0 Å². The minimum absolute atomic E-state index is 0.0379. The maximum absolute atomic E-state index is 12.6. The normalized spacial score (nSPS) is 21.6. The molecule has 142 valence electrons. The van der Waals surface area contributed by atoms with Gasteiger partial charge in [0.25, 0.3) is 0 Å². The number of carbonyl (C=O) groups is 2. The van der Waals surface area contributed by atoms with Crippen LogP contribution in [0.4, 0.5) is 0 Å². The van der Waals surface area contributed by atoms with E-state index in [2.05, 4.69) is 0 Å². The van der Waals surface area contributed by atoms with Crippen LogP contribution in [-0.2, 0) is 9.47 Å². The summed E-state index contributed by atoms with van der Waals surface area (Å²) in [5.41, 5.74) is 0.0758. The van der Waals surface area contributed by atoms with Gasteiger partial charge in [0.15, 0.2) is 0 Å². The van der Waals surface area contributed by atoms with Gasteiger partial charge in [-0.2, -0.15) is 0 Å². The Kier molecular flexibility index (Phi) is 5.63. The lowest BCUT2D eigenvalue weighted by Crippen LogP contribution is -2.38. The van der Waals surface area contributed by atoms with E-state index in [1.807, 2.05) is 0 Å². The zero-order valence-electron chi connectivity index (χ0n) is 14.9. The van der Waals surface area contributed by atoms with Gasteiger partial charge in [0.2, 0.25) is 11.6 Å². The van der Waals surface area contributed by atoms with Crippen LogP contribution in [0.2, 0.25) is 0 Å². The molecule has 6 nitrogen and oxygen atoms in total. The van der Waals surface area contributed by atoms with Crippen molar-refractivity contribution in [3.05, 3.63) is 35.4 Å². The summed E-state index contributed by atoms with van der Waals surface area (Å²) in [4.78, 5) is 25.1. The Bertz CT molecular complexity index is 599. The van der Waals surface area contributed by atoms with E-state index in [0.29, 0.717) is 25.7 Å². The zero-order chi connectivity index (χ0) is 18.6. The fourth-order valence-corrected chi connectivity index (χ4v) is 3.71. The molecule has 1 aromatic rings. The predicted molar refractivity (Wildman–Crippen MR) is 93.3 cm³/mol. The summed E-state index contributed by atoms with van der Waals surface area (Å²) < 4.78 is 10.6. The number of hydrogen-bond donors (Lipinski definition) is 2. The Morgan fingerprint density at radius 1 is 0.692 bits per heavy atom. The van der Waals surface area contributed by atoms with Crippen LogP contribution in [-0.4, -0.2) is 33.7 Å². The molecule has 6 heteroatoms. The van der Waals surface area contributed by atoms with Crippen molar-refractivity contribution in [2.75, 3.05) is 0 Å². The molecule has 0 unspecified atom stereocenters. The van der Waals surface area contributed by atoms with Gasteiger partial charge >= 0.3 is 11.9 Å². The lowest BCUT2D eigenvalue weighted by atomic mass is 9.94. The zero-order valence-corrected chi connectivity index (χ0v) is 14.9. The number of carbonyl (C=O) groups excluding carboxylic acids is 2. The molecular formula is C20H26O6. The number of hydrogen-bond acceptors (Lipinski definition) is 6. The van der Waals surface area contributed by atoms with Gasteiger partial charge in [-0.05, 0) is 37.8 Å².